The van der Waals surface area contributed by atoms with E-state index in [0.717, 1.165) is 24.2 Å². The van der Waals surface area contributed by atoms with Crippen LogP contribution in [0.2, 0.25) is 0 Å². The van der Waals surface area contributed by atoms with E-state index < -0.39 is 0 Å². The number of benzene rings is 2. The highest BCUT2D eigenvalue weighted by molar-refractivity contribution is 5.97. The number of hydrogen-bond donors (Lipinski definition) is 0. The summed E-state index contributed by atoms with van der Waals surface area (Å²) in [5, 5.41) is 0. The van der Waals surface area contributed by atoms with Crippen LogP contribution in [-0.2, 0) is 6.42 Å². The van der Waals surface area contributed by atoms with E-state index in [-0.39, 0.29) is 12.4 Å². The van der Waals surface area contributed by atoms with Gasteiger partial charge in [0.2, 0.25) is 0 Å². The lowest BCUT2D eigenvalue weighted by Crippen LogP contribution is -2.11. The average Bonchev–Trinajstić information content (AvgIpc) is 2.49. The molecular formula is C19H22O2. The summed E-state index contributed by atoms with van der Waals surface area (Å²) in [7, 11) is 0. The summed E-state index contributed by atoms with van der Waals surface area (Å²) in [5.74, 6) is 0.753. The van der Waals surface area contributed by atoms with Gasteiger partial charge < -0.3 is 4.74 Å². The van der Waals surface area contributed by atoms with Crippen LogP contribution in [0.1, 0.15) is 40.4 Å². The second-order valence-corrected chi connectivity index (χ2v) is 5.40. The molecule has 0 heterocycles. The highest BCUT2D eigenvalue weighted by Crippen LogP contribution is 2.15. The molecule has 2 aromatic rings. The third kappa shape index (κ3) is 4.19. The van der Waals surface area contributed by atoms with Crippen molar-refractivity contribution in [3.8, 4) is 5.75 Å². The minimum atomic E-state index is 0.00994. The van der Waals surface area contributed by atoms with Gasteiger partial charge in [-0.2, -0.15) is 0 Å². The highest BCUT2D eigenvalue weighted by atomic mass is 16.5. The first-order valence-electron chi connectivity index (χ1n) is 7.42. The van der Waals surface area contributed by atoms with Gasteiger partial charge >= 0.3 is 0 Å². The molecule has 0 N–H and O–H groups in total. The molecule has 0 aromatic heterocycles. The van der Waals surface area contributed by atoms with Gasteiger partial charge in [0.25, 0.3) is 0 Å². The lowest BCUT2D eigenvalue weighted by Gasteiger charge is -2.08. The van der Waals surface area contributed by atoms with E-state index in [1.807, 2.05) is 44.2 Å². The molecule has 2 aromatic carbocycles. The van der Waals surface area contributed by atoms with Crippen LogP contribution in [-0.4, -0.2) is 12.4 Å². The molecule has 2 rings (SSSR count). The minimum Gasteiger partial charge on any atom is -0.485 e. The van der Waals surface area contributed by atoms with Crippen molar-refractivity contribution < 1.29 is 9.53 Å². The molecule has 0 atom stereocenters. The molecule has 110 valence electrons. The predicted octanol–water partition coefficient (Wildman–Crippen LogP) is 4.52. The highest BCUT2D eigenvalue weighted by Gasteiger charge is 2.08. The molecule has 0 saturated heterocycles. The molecule has 21 heavy (non-hydrogen) atoms. The van der Waals surface area contributed by atoms with E-state index >= 15 is 0 Å². The Hall–Kier alpha value is -2.09. The minimum absolute atomic E-state index is 0.00994. The molecule has 0 bridgehead atoms. The summed E-state index contributed by atoms with van der Waals surface area (Å²) in [6.07, 6.45) is 2.20. The smallest absolute Gasteiger partial charge is 0.200 e. The van der Waals surface area contributed by atoms with E-state index in [1.54, 1.807) is 0 Å². The van der Waals surface area contributed by atoms with E-state index in [0.29, 0.717) is 5.56 Å². The van der Waals surface area contributed by atoms with E-state index in [1.165, 1.54) is 11.1 Å². The van der Waals surface area contributed by atoms with Crippen LogP contribution >= 0.6 is 0 Å². The molecule has 2 heteroatoms. The SMILES string of the molecule is CCCc1ccc(OCC(=O)c2ccc(C)c(C)c2)cc1. The Balaban J connectivity index is 1.95. The van der Waals surface area contributed by atoms with Crippen molar-refractivity contribution in [1.29, 1.82) is 0 Å². The Morgan fingerprint density at radius 1 is 1.00 bits per heavy atom. The molecule has 0 aliphatic rings. The first kappa shape index (κ1) is 15.3. The lowest BCUT2D eigenvalue weighted by atomic mass is 10.0. The number of hydrogen-bond acceptors (Lipinski definition) is 2. The molecule has 0 spiro atoms. The maximum atomic E-state index is 12.1. The number of carbonyl (C=O) groups excluding carboxylic acids is 1. The molecule has 0 radical (unpaired) electrons. The number of aryl methyl sites for hydroxylation is 3. The quantitative estimate of drug-likeness (QED) is 0.728. The maximum Gasteiger partial charge on any atom is 0.200 e. The van der Waals surface area contributed by atoms with Gasteiger partial charge in [-0.05, 0) is 55.2 Å². The van der Waals surface area contributed by atoms with Crippen LogP contribution in [0.5, 0.6) is 5.75 Å². The molecule has 0 amide bonds. The fourth-order valence-electron chi connectivity index (χ4n) is 2.19. The van der Waals surface area contributed by atoms with Crippen molar-refractivity contribution in [3.05, 3.63) is 64.7 Å². The molecule has 0 aliphatic heterocycles. The second kappa shape index (κ2) is 7.07. The number of rotatable bonds is 6. The first-order chi connectivity index (χ1) is 10.1. The molecule has 0 saturated carbocycles. The zero-order chi connectivity index (χ0) is 15.2. The lowest BCUT2D eigenvalue weighted by molar-refractivity contribution is 0.0921. The maximum absolute atomic E-state index is 12.1. The third-order valence-corrected chi connectivity index (χ3v) is 3.66. The van der Waals surface area contributed by atoms with Crippen LogP contribution in [0, 0.1) is 13.8 Å². The van der Waals surface area contributed by atoms with Crippen LogP contribution in [0.15, 0.2) is 42.5 Å². The van der Waals surface area contributed by atoms with Crippen LogP contribution in [0.4, 0.5) is 0 Å². The molecular weight excluding hydrogens is 260 g/mol. The van der Waals surface area contributed by atoms with E-state index in [4.69, 9.17) is 4.74 Å². The molecule has 0 fully saturated rings. The standard InChI is InChI=1S/C19H22O2/c1-4-5-16-7-10-18(11-8-16)21-13-19(20)17-9-6-14(2)15(3)12-17/h6-12H,4-5,13H2,1-3H3. The Kier molecular flexibility index (Phi) is 5.15. The van der Waals surface area contributed by atoms with Gasteiger partial charge in [-0.3, -0.25) is 4.79 Å². The van der Waals surface area contributed by atoms with Crippen LogP contribution < -0.4 is 4.74 Å². The van der Waals surface area contributed by atoms with Crippen LogP contribution in [0.3, 0.4) is 0 Å². The van der Waals surface area contributed by atoms with Gasteiger partial charge in [-0.25, -0.2) is 0 Å². The predicted molar refractivity (Wildman–Crippen MR) is 86.2 cm³/mol. The second-order valence-electron chi connectivity index (χ2n) is 5.40. The van der Waals surface area contributed by atoms with Crippen molar-refractivity contribution in [3.63, 3.8) is 0 Å². The Morgan fingerprint density at radius 2 is 1.71 bits per heavy atom. The van der Waals surface area contributed by atoms with Crippen molar-refractivity contribution >= 4 is 5.78 Å². The summed E-state index contributed by atoms with van der Waals surface area (Å²) < 4.78 is 5.58. The molecule has 0 aliphatic carbocycles. The topological polar surface area (TPSA) is 26.3 Å². The molecule has 0 unspecified atom stereocenters. The summed E-state index contributed by atoms with van der Waals surface area (Å²) in [6.45, 7) is 6.29. The van der Waals surface area contributed by atoms with Crippen molar-refractivity contribution in [2.75, 3.05) is 6.61 Å². The van der Waals surface area contributed by atoms with Crippen molar-refractivity contribution in [1.82, 2.24) is 0 Å². The number of ketones is 1. The van der Waals surface area contributed by atoms with Gasteiger partial charge in [-0.15, -0.1) is 0 Å². The molecule has 2 nitrogen and oxygen atoms in total. The number of ether oxygens (including phenoxy) is 1. The first-order valence-corrected chi connectivity index (χ1v) is 7.42. The Morgan fingerprint density at radius 3 is 2.33 bits per heavy atom. The Labute approximate surface area is 126 Å². The number of Topliss-reactive ketones (excluding diaryl/α,β-unsaturated/α-hetero) is 1. The van der Waals surface area contributed by atoms with Crippen LogP contribution in [0.25, 0.3) is 0 Å². The summed E-state index contributed by atoms with van der Waals surface area (Å²) >= 11 is 0. The zero-order valence-electron chi connectivity index (χ0n) is 13.0. The summed E-state index contributed by atoms with van der Waals surface area (Å²) in [4.78, 5) is 12.1. The van der Waals surface area contributed by atoms with Gasteiger partial charge in [-0.1, -0.05) is 37.6 Å². The zero-order valence-corrected chi connectivity index (χ0v) is 13.0. The average molecular weight is 282 g/mol. The van der Waals surface area contributed by atoms with Gasteiger partial charge in [0.15, 0.2) is 12.4 Å². The fourth-order valence-corrected chi connectivity index (χ4v) is 2.19. The van der Waals surface area contributed by atoms with E-state index in [9.17, 15) is 4.79 Å². The van der Waals surface area contributed by atoms with Gasteiger partial charge in [0, 0.05) is 5.56 Å². The van der Waals surface area contributed by atoms with Crippen molar-refractivity contribution in [2.24, 2.45) is 0 Å². The van der Waals surface area contributed by atoms with Gasteiger partial charge in [0.05, 0.1) is 0 Å². The monoisotopic (exact) mass is 282 g/mol. The number of carbonyl (C=O) groups is 1. The fraction of sp³-hybridized carbons (Fsp3) is 0.316. The van der Waals surface area contributed by atoms with Gasteiger partial charge in [0.1, 0.15) is 5.75 Å². The normalized spacial score (nSPS) is 10.4. The summed E-state index contributed by atoms with van der Waals surface area (Å²) in [6, 6.07) is 13.7. The third-order valence-electron chi connectivity index (χ3n) is 3.66. The van der Waals surface area contributed by atoms with E-state index in [2.05, 4.69) is 19.1 Å². The summed E-state index contributed by atoms with van der Waals surface area (Å²) in [5.41, 5.74) is 4.33. The van der Waals surface area contributed by atoms with Crippen molar-refractivity contribution in [2.45, 2.75) is 33.6 Å². The Bertz CT molecular complexity index is 612. The largest absolute Gasteiger partial charge is 0.485 e.